The third-order valence-corrected chi connectivity index (χ3v) is 2.68. The van der Waals surface area contributed by atoms with Crippen LogP contribution in [0.2, 0.25) is 0 Å². The van der Waals surface area contributed by atoms with E-state index in [1.165, 1.54) is 0 Å². The van der Waals surface area contributed by atoms with Gasteiger partial charge in [-0.05, 0) is 0 Å². The van der Waals surface area contributed by atoms with E-state index in [-0.39, 0.29) is 41.8 Å². The van der Waals surface area contributed by atoms with Crippen LogP contribution in [0.5, 0.6) is 17.2 Å². The normalized spacial score (nSPS) is 12.9. The Morgan fingerprint density at radius 3 is 1.94 bits per heavy atom. The fourth-order valence-electron chi connectivity index (χ4n) is 1.42. The third-order valence-electron chi connectivity index (χ3n) is 2.68. The summed E-state index contributed by atoms with van der Waals surface area (Å²) in [7, 11) is 0. The van der Waals surface area contributed by atoms with E-state index in [9.17, 15) is 10.2 Å². The molecule has 1 aromatic rings. The summed E-state index contributed by atoms with van der Waals surface area (Å²) in [4.78, 5) is 0. The first kappa shape index (κ1) is 15.8. The quantitative estimate of drug-likeness (QED) is 0.564. The van der Waals surface area contributed by atoms with Gasteiger partial charge in [-0.2, -0.15) is 0 Å². The van der Waals surface area contributed by atoms with Gasteiger partial charge in [-0.25, -0.2) is 0 Å². The standard InChI is InChI=1S/C11H17NO4.ClH/c1-11(2,5-13)10(12)9-7(15)3-6(14)4-8(9)16;/h3-4,10,13-16H,5,12H2,1-2H3;1H/t10-;/m1./s1. The molecule has 0 amide bonds. The molecule has 98 valence electrons. The monoisotopic (exact) mass is 263 g/mol. The van der Waals surface area contributed by atoms with Crippen molar-refractivity contribution in [2.45, 2.75) is 19.9 Å². The molecule has 0 unspecified atom stereocenters. The number of benzene rings is 1. The topological polar surface area (TPSA) is 107 Å². The second-order valence-electron chi connectivity index (χ2n) is 4.52. The predicted octanol–water partition coefficient (Wildman–Crippen LogP) is 1.24. The van der Waals surface area contributed by atoms with Crippen LogP contribution in [0.25, 0.3) is 0 Å². The molecule has 0 aliphatic carbocycles. The second-order valence-corrected chi connectivity index (χ2v) is 4.52. The second kappa shape index (κ2) is 5.44. The highest BCUT2D eigenvalue weighted by molar-refractivity contribution is 5.85. The van der Waals surface area contributed by atoms with Crippen molar-refractivity contribution in [2.75, 3.05) is 6.61 Å². The molecular weight excluding hydrogens is 246 g/mol. The molecule has 0 saturated heterocycles. The number of aromatic hydroxyl groups is 3. The summed E-state index contributed by atoms with van der Waals surface area (Å²) in [6, 6.07) is 1.46. The van der Waals surface area contributed by atoms with Crippen LogP contribution in [0.3, 0.4) is 0 Å². The van der Waals surface area contributed by atoms with Crippen molar-refractivity contribution in [2.24, 2.45) is 11.1 Å². The van der Waals surface area contributed by atoms with Crippen LogP contribution in [0.15, 0.2) is 12.1 Å². The molecule has 0 fully saturated rings. The zero-order valence-corrected chi connectivity index (χ0v) is 10.5. The first-order valence-electron chi connectivity index (χ1n) is 4.91. The van der Waals surface area contributed by atoms with Gasteiger partial charge in [0.1, 0.15) is 17.2 Å². The summed E-state index contributed by atoms with van der Waals surface area (Å²) in [5.74, 6) is -0.814. The first-order valence-corrected chi connectivity index (χ1v) is 4.91. The lowest BCUT2D eigenvalue weighted by atomic mass is 9.81. The molecule has 6 N–H and O–H groups in total. The predicted molar refractivity (Wildman–Crippen MR) is 66.5 cm³/mol. The van der Waals surface area contributed by atoms with Crippen molar-refractivity contribution in [1.29, 1.82) is 0 Å². The van der Waals surface area contributed by atoms with Gasteiger partial charge < -0.3 is 26.2 Å². The highest BCUT2D eigenvalue weighted by Crippen LogP contribution is 2.42. The molecule has 0 heterocycles. The van der Waals surface area contributed by atoms with Crippen LogP contribution >= 0.6 is 12.4 Å². The minimum atomic E-state index is -0.738. The van der Waals surface area contributed by atoms with E-state index >= 15 is 0 Å². The highest BCUT2D eigenvalue weighted by Gasteiger charge is 2.31. The summed E-state index contributed by atoms with van der Waals surface area (Å²) < 4.78 is 0. The van der Waals surface area contributed by atoms with Gasteiger partial charge in [-0.15, -0.1) is 12.4 Å². The largest absolute Gasteiger partial charge is 0.508 e. The van der Waals surface area contributed by atoms with Crippen molar-refractivity contribution in [3.63, 3.8) is 0 Å². The number of phenolic OH excluding ortho intramolecular Hbond substituents is 3. The number of halogens is 1. The van der Waals surface area contributed by atoms with Gasteiger partial charge in [0.25, 0.3) is 0 Å². The smallest absolute Gasteiger partial charge is 0.127 e. The molecule has 0 radical (unpaired) electrons. The van der Waals surface area contributed by atoms with E-state index in [1.54, 1.807) is 13.8 Å². The lowest BCUT2D eigenvalue weighted by molar-refractivity contribution is 0.130. The van der Waals surface area contributed by atoms with E-state index in [4.69, 9.17) is 15.9 Å². The molecule has 0 aliphatic heterocycles. The minimum absolute atomic E-state index is 0. The number of nitrogens with two attached hydrogens (primary N) is 1. The Bertz CT molecular complexity index is 372. The number of aliphatic hydroxyl groups excluding tert-OH is 1. The van der Waals surface area contributed by atoms with Crippen LogP contribution in [-0.2, 0) is 0 Å². The van der Waals surface area contributed by atoms with Gasteiger partial charge >= 0.3 is 0 Å². The van der Waals surface area contributed by atoms with Crippen molar-refractivity contribution in [3.8, 4) is 17.2 Å². The molecule has 1 rings (SSSR count). The Balaban J connectivity index is 0.00000256. The molecule has 5 nitrogen and oxygen atoms in total. The molecule has 17 heavy (non-hydrogen) atoms. The molecule has 0 bridgehead atoms. The van der Waals surface area contributed by atoms with Crippen molar-refractivity contribution >= 4 is 12.4 Å². The molecule has 1 atom stereocenters. The average Bonchev–Trinajstić information content (AvgIpc) is 2.15. The van der Waals surface area contributed by atoms with Gasteiger partial charge in [-0.3, -0.25) is 0 Å². The number of hydrogen-bond acceptors (Lipinski definition) is 5. The maximum atomic E-state index is 9.62. The molecule has 0 aliphatic rings. The maximum absolute atomic E-state index is 9.62. The van der Waals surface area contributed by atoms with Crippen LogP contribution in [-0.4, -0.2) is 27.0 Å². The fraction of sp³-hybridized carbons (Fsp3) is 0.455. The Morgan fingerprint density at radius 2 is 1.59 bits per heavy atom. The Hall–Kier alpha value is -1.17. The Kier molecular flexibility index (Phi) is 5.07. The van der Waals surface area contributed by atoms with Crippen molar-refractivity contribution < 1.29 is 20.4 Å². The van der Waals surface area contributed by atoms with Gasteiger partial charge in [0.05, 0.1) is 5.56 Å². The zero-order chi connectivity index (χ0) is 12.5. The average molecular weight is 264 g/mol. The van der Waals surface area contributed by atoms with Gasteiger partial charge in [0, 0.05) is 30.2 Å². The van der Waals surface area contributed by atoms with E-state index < -0.39 is 11.5 Å². The summed E-state index contributed by atoms with van der Waals surface area (Å²) in [5, 5.41) is 37.6. The Labute approximate surface area is 106 Å². The number of aliphatic hydroxyl groups is 1. The van der Waals surface area contributed by atoms with E-state index in [0.29, 0.717) is 0 Å². The molecule has 1 aromatic carbocycles. The van der Waals surface area contributed by atoms with E-state index in [1.807, 2.05) is 0 Å². The molecule has 0 saturated carbocycles. The Morgan fingerprint density at radius 1 is 1.18 bits per heavy atom. The summed E-state index contributed by atoms with van der Waals surface area (Å²) in [6.07, 6.45) is 0. The lowest BCUT2D eigenvalue weighted by Gasteiger charge is -2.30. The lowest BCUT2D eigenvalue weighted by Crippen LogP contribution is -2.32. The van der Waals surface area contributed by atoms with E-state index in [2.05, 4.69) is 0 Å². The highest BCUT2D eigenvalue weighted by atomic mass is 35.5. The van der Waals surface area contributed by atoms with Crippen molar-refractivity contribution in [3.05, 3.63) is 17.7 Å². The van der Waals surface area contributed by atoms with Gasteiger partial charge in [-0.1, -0.05) is 13.8 Å². The third kappa shape index (κ3) is 3.15. The molecule has 6 heteroatoms. The van der Waals surface area contributed by atoms with Gasteiger partial charge in [0.15, 0.2) is 0 Å². The summed E-state index contributed by atoms with van der Waals surface area (Å²) >= 11 is 0. The minimum Gasteiger partial charge on any atom is -0.508 e. The van der Waals surface area contributed by atoms with Crippen LogP contribution < -0.4 is 5.73 Å². The SMILES string of the molecule is CC(C)(CO)[C@H](N)c1c(O)cc(O)cc1O.Cl. The molecule has 0 spiro atoms. The maximum Gasteiger partial charge on any atom is 0.127 e. The van der Waals surface area contributed by atoms with Gasteiger partial charge in [0.2, 0.25) is 0 Å². The van der Waals surface area contributed by atoms with Crippen LogP contribution in [0.4, 0.5) is 0 Å². The van der Waals surface area contributed by atoms with Crippen LogP contribution in [0, 0.1) is 5.41 Å². The summed E-state index contributed by atoms with van der Waals surface area (Å²) in [6.45, 7) is 3.24. The summed E-state index contributed by atoms with van der Waals surface area (Å²) in [5.41, 5.74) is 5.31. The first-order chi connectivity index (χ1) is 7.29. The number of rotatable bonds is 3. The molecular formula is C11H18ClNO4. The van der Waals surface area contributed by atoms with E-state index in [0.717, 1.165) is 12.1 Å². The number of phenols is 3. The molecule has 0 aromatic heterocycles. The zero-order valence-electron chi connectivity index (χ0n) is 9.71. The fourth-order valence-corrected chi connectivity index (χ4v) is 1.42. The number of hydrogen-bond donors (Lipinski definition) is 5. The van der Waals surface area contributed by atoms with Crippen LogP contribution in [0.1, 0.15) is 25.5 Å². The van der Waals surface area contributed by atoms with Crippen molar-refractivity contribution in [1.82, 2.24) is 0 Å².